The van der Waals surface area contributed by atoms with Gasteiger partial charge in [0.2, 0.25) is 0 Å². The predicted molar refractivity (Wildman–Crippen MR) is 67.0 cm³/mol. The average molecular weight is 257 g/mol. The Hall–Kier alpha value is -1.14. The predicted octanol–water partition coefficient (Wildman–Crippen LogP) is 1.78. The maximum absolute atomic E-state index is 11.8. The Morgan fingerprint density at radius 2 is 2.25 bits per heavy atom. The molecule has 0 aromatic heterocycles. The van der Waals surface area contributed by atoms with Crippen LogP contribution in [0.15, 0.2) is 23.1 Å². The van der Waals surface area contributed by atoms with E-state index in [1.54, 1.807) is 18.2 Å². The SMILES string of the molecule is C/C=C/C=C1/SC(=S)N([C@H](C)C(=O)O)C1=O. The molecule has 1 fully saturated rings. The van der Waals surface area contributed by atoms with E-state index in [2.05, 4.69) is 0 Å². The fourth-order valence-corrected chi connectivity index (χ4v) is 2.49. The zero-order valence-electron chi connectivity index (χ0n) is 8.84. The smallest absolute Gasteiger partial charge is 0.326 e. The topological polar surface area (TPSA) is 57.6 Å². The minimum atomic E-state index is -1.07. The van der Waals surface area contributed by atoms with Crippen LogP contribution >= 0.6 is 24.0 Å². The summed E-state index contributed by atoms with van der Waals surface area (Å²) in [4.78, 5) is 24.2. The summed E-state index contributed by atoms with van der Waals surface area (Å²) in [5.74, 6) is -1.41. The van der Waals surface area contributed by atoms with Crippen LogP contribution in [0.1, 0.15) is 13.8 Å². The molecule has 1 amide bonds. The molecule has 0 aromatic rings. The van der Waals surface area contributed by atoms with Gasteiger partial charge in [-0.1, -0.05) is 36.1 Å². The number of nitrogens with zero attached hydrogens (tertiary/aromatic N) is 1. The number of amides is 1. The summed E-state index contributed by atoms with van der Waals surface area (Å²) in [6.07, 6.45) is 5.14. The van der Waals surface area contributed by atoms with Gasteiger partial charge in [0.1, 0.15) is 10.4 Å². The van der Waals surface area contributed by atoms with Gasteiger partial charge in [-0.2, -0.15) is 0 Å². The van der Waals surface area contributed by atoms with Crippen molar-refractivity contribution in [3.63, 3.8) is 0 Å². The van der Waals surface area contributed by atoms with Gasteiger partial charge in [-0.15, -0.1) is 0 Å². The molecule has 1 atom stereocenters. The molecule has 1 saturated heterocycles. The lowest BCUT2D eigenvalue weighted by Gasteiger charge is -2.18. The van der Waals surface area contributed by atoms with Crippen LogP contribution in [0.4, 0.5) is 0 Å². The Bertz CT molecular complexity index is 401. The second-order valence-electron chi connectivity index (χ2n) is 3.11. The van der Waals surface area contributed by atoms with Crippen molar-refractivity contribution in [2.75, 3.05) is 0 Å². The first-order valence-electron chi connectivity index (χ1n) is 4.60. The van der Waals surface area contributed by atoms with Gasteiger partial charge in [0.25, 0.3) is 5.91 Å². The average Bonchev–Trinajstić information content (AvgIpc) is 2.50. The van der Waals surface area contributed by atoms with E-state index in [-0.39, 0.29) is 10.2 Å². The molecular weight excluding hydrogens is 246 g/mol. The van der Waals surface area contributed by atoms with Crippen LogP contribution in [0.2, 0.25) is 0 Å². The summed E-state index contributed by atoms with van der Waals surface area (Å²) in [5.41, 5.74) is 0. The van der Waals surface area contributed by atoms with E-state index in [1.807, 2.05) is 6.92 Å². The fraction of sp³-hybridized carbons (Fsp3) is 0.300. The minimum Gasteiger partial charge on any atom is -0.480 e. The number of allylic oxidation sites excluding steroid dienone is 3. The van der Waals surface area contributed by atoms with E-state index in [1.165, 1.54) is 6.92 Å². The van der Waals surface area contributed by atoms with E-state index in [9.17, 15) is 9.59 Å². The van der Waals surface area contributed by atoms with Crippen LogP contribution < -0.4 is 0 Å². The fourth-order valence-electron chi connectivity index (χ4n) is 1.12. The van der Waals surface area contributed by atoms with Crippen LogP contribution in [0, 0.1) is 0 Å². The molecule has 1 aliphatic heterocycles. The Labute approximate surface area is 103 Å². The van der Waals surface area contributed by atoms with Gasteiger partial charge in [-0.05, 0) is 19.9 Å². The highest BCUT2D eigenvalue weighted by atomic mass is 32.2. The maximum atomic E-state index is 11.8. The highest BCUT2D eigenvalue weighted by molar-refractivity contribution is 8.26. The van der Waals surface area contributed by atoms with Crippen LogP contribution in [0.5, 0.6) is 0 Å². The number of thiocarbonyl (C=S) groups is 1. The second kappa shape index (κ2) is 5.27. The summed E-state index contributed by atoms with van der Waals surface area (Å²) >= 11 is 6.10. The molecule has 0 saturated carbocycles. The van der Waals surface area contributed by atoms with Crippen molar-refractivity contribution in [3.05, 3.63) is 23.1 Å². The number of carbonyl (C=O) groups excluding carboxylic acids is 1. The molecule has 6 heteroatoms. The monoisotopic (exact) mass is 257 g/mol. The third-order valence-electron chi connectivity index (χ3n) is 2.01. The standard InChI is InChI=1S/C10H11NO3S2/c1-3-4-5-7-8(12)11(10(15)16-7)6(2)9(13)14/h3-6H,1-2H3,(H,13,14)/b4-3+,7-5+/t6-/m1/s1. The molecule has 0 radical (unpaired) electrons. The molecule has 0 aromatic carbocycles. The zero-order valence-corrected chi connectivity index (χ0v) is 10.5. The quantitative estimate of drug-likeness (QED) is 0.617. The normalized spacial score (nSPS) is 21.1. The molecular formula is C10H11NO3S2. The Morgan fingerprint density at radius 1 is 1.62 bits per heavy atom. The number of thioether (sulfide) groups is 1. The maximum Gasteiger partial charge on any atom is 0.326 e. The first-order chi connectivity index (χ1) is 7.49. The molecule has 0 bridgehead atoms. The summed E-state index contributed by atoms with van der Waals surface area (Å²) in [6.45, 7) is 3.27. The molecule has 1 aliphatic rings. The van der Waals surface area contributed by atoms with Gasteiger partial charge < -0.3 is 5.11 Å². The van der Waals surface area contributed by atoms with Crippen molar-refractivity contribution >= 4 is 40.2 Å². The third-order valence-corrected chi connectivity index (χ3v) is 3.36. The van der Waals surface area contributed by atoms with Gasteiger partial charge in [-0.25, -0.2) is 4.79 Å². The van der Waals surface area contributed by atoms with Crippen molar-refractivity contribution < 1.29 is 14.7 Å². The molecule has 1 N–H and O–H groups in total. The summed E-state index contributed by atoms with van der Waals surface area (Å²) in [5, 5.41) is 8.84. The lowest BCUT2D eigenvalue weighted by molar-refractivity contribution is -0.144. The summed E-state index contributed by atoms with van der Waals surface area (Å²) in [6, 6.07) is -0.927. The Balaban J connectivity index is 2.96. The van der Waals surface area contributed by atoms with Crippen molar-refractivity contribution in [2.45, 2.75) is 19.9 Å². The van der Waals surface area contributed by atoms with E-state index in [0.717, 1.165) is 16.7 Å². The van der Waals surface area contributed by atoms with Crippen LogP contribution in [0.25, 0.3) is 0 Å². The number of carbonyl (C=O) groups is 2. The van der Waals surface area contributed by atoms with Crippen molar-refractivity contribution in [3.8, 4) is 0 Å². The summed E-state index contributed by atoms with van der Waals surface area (Å²) < 4.78 is 0.288. The second-order valence-corrected chi connectivity index (χ2v) is 4.79. The molecule has 0 spiro atoms. The molecule has 4 nitrogen and oxygen atoms in total. The molecule has 86 valence electrons. The summed E-state index contributed by atoms with van der Waals surface area (Å²) in [7, 11) is 0. The highest BCUT2D eigenvalue weighted by Crippen LogP contribution is 2.32. The number of rotatable bonds is 3. The molecule has 0 unspecified atom stereocenters. The largest absolute Gasteiger partial charge is 0.480 e. The van der Waals surface area contributed by atoms with Gasteiger partial charge in [0.05, 0.1) is 4.91 Å². The van der Waals surface area contributed by atoms with Gasteiger partial charge in [0.15, 0.2) is 0 Å². The Kier molecular flexibility index (Phi) is 4.26. The van der Waals surface area contributed by atoms with E-state index >= 15 is 0 Å². The Morgan fingerprint density at radius 3 is 2.75 bits per heavy atom. The van der Waals surface area contributed by atoms with Gasteiger partial charge in [0, 0.05) is 0 Å². The molecule has 16 heavy (non-hydrogen) atoms. The highest BCUT2D eigenvalue weighted by Gasteiger charge is 2.37. The van der Waals surface area contributed by atoms with Crippen LogP contribution in [-0.2, 0) is 9.59 Å². The van der Waals surface area contributed by atoms with Gasteiger partial charge >= 0.3 is 5.97 Å². The number of hydrogen-bond acceptors (Lipinski definition) is 4. The minimum absolute atomic E-state index is 0.288. The lowest BCUT2D eigenvalue weighted by atomic mass is 10.3. The van der Waals surface area contributed by atoms with E-state index in [0.29, 0.717) is 4.91 Å². The first kappa shape index (κ1) is 12.9. The molecule has 1 heterocycles. The molecule has 0 aliphatic carbocycles. The van der Waals surface area contributed by atoms with Crippen molar-refractivity contribution in [2.24, 2.45) is 0 Å². The number of carboxylic acid groups (broad SMARTS) is 1. The third kappa shape index (κ3) is 2.51. The van der Waals surface area contributed by atoms with E-state index in [4.69, 9.17) is 17.3 Å². The van der Waals surface area contributed by atoms with Crippen molar-refractivity contribution in [1.82, 2.24) is 4.90 Å². The number of hydrogen-bond donors (Lipinski definition) is 1. The van der Waals surface area contributed by atoms with E-state index < -0.39 is 12.0 Å². The molecule has 1 rings (SSSR count). The lowest BCUT2D eigenvalue weighted by Crippen LogP contribution is -2.41. The van der Waals surface area contributed by atoms with Crippen LogP contribution in [-0.4, -0.2) is 32.2 Å². The first-order valence-corrected chi connectivity index (χ1v) is 5.82. The zero-order chi connectivity index (χ0) is 12.3. The van der Waals surface area contributed by atoms with Gasteiger partial charge in [-0.3, -0.25) is 9.69 Å². The number of aliphatic carboxylic acids is 1. The van der Waals surface area contributed by atoms with Crippen LogP contribution in [0.3, 0.4) is 0 Å². The number of carboxylic acids is 1. The van der Waals surface area contributed by atoms with Crippen molar-refractivity contribution in [1.29, 1.82) is 0 Å².